The van der Waals surface area contributed by atoms with Gasteiger partial charge in [-0.15, -0.1) is 11.3 Å². The Labute approximate surface area is 373 Å². The van der Waals surface area contributed by atoms with E-state index in [1.165, 1.54) is 74.5 Å². The molecule has 13 rings (SSSR count). The summed E-state index contributed by atoms with van der Waals surface area (Å²) in [5.74, 6) is 1.94. The zero-order chi connectivity index (χ0) is 41.5. The van der Waals surface area contributed by atoms with Gasteiger partial charge in [-0.3, -0.25) is 0 Å². The number of nitrogens with zero attached hydrogens (tertiary/aromatic N) is 3. The smallest absolute Gasteiger partial charge is 0.165 e. The van der Waals surface area contributed by atoms with Gasteiger partial charge in [0, 0.05) is 46.7 Å². The van der Waals surface area contributed by atoms with Crippen LogP contribution in [-0.2, 0) is 5.41 Å². The Kier molecular flexibility index (Phi) is 8.23. The summed E-state index contributed by atoms with van der Waals surface area (Å²) in [5.41, 5.74) is 14.7. The van der Waals surface area contributed by atoms with Crippen molar-refractivity contribution in [3.8, 4) is 67.5 Å². The lowest BCUT2D eigenvalue weighted by Crippen LogP contribution is -2.31. The molecule has 2 aromatic heterocycles. The fraction of sp³-hybridized carbons (Fsp3) is 0.0172. The molecule has 0 N–H and O–H groups in total. The highest BCUT2D eigenvalue weighted by molar-refractivity contribution is 7.99. The van der Waals surface area contributed by atoms with Gasteiger partial charge in [-0.05, 0) is 86.0 Å². The van der Waals surface area contributed by atoms with Gasteiger partial charge in [-0.2, -0.15) is 0 Å². The molecule has 9 aromatic carbocycles. The van der Waals surface area contributed by atoms with Gasteiger partial charge in [0.1, 0.15) is 0 Å². The minimum absolute atomic E-state index is 0.454. The van der Waals surface area contributed by atoms with Crippen LogP contribution in [0.25, 0.3) is 87.7 Å². The Morgan fingerprint density at radius 2 is 0.841 bits per heavy atom. The fourth-order valence-electron chi connectivity index (χ4n) is 10.1. The Morgan fingerprint density at radius 3 is 1.62 bits per heavy atom. The fourth-order valence-corrected chi connectivity index (χ4v) is 12.5. The molecule has 3 heterocycles. The van der Waals surface area contributed by atoms with Crippen molar-refractivity contribution < 1.29 is 0 Å². The lowest BCUT2D eigenvalue weighted by molar-refractivity contribution is 0.722. The van der Waals surface area contributed by atoms with E-state index in [-0.39, 0.29) is 0 Å². The average Bonchev–Trinajstić information content (AvgIpc) is 3.88. The van der Waals surface area contributed by atoms with Crippen molar-refractivity contribution in [1.29, 1.82) is 0 Å². The van der Waals surface area contributed by atoms with E-state index in [2.05, 4.69) is 212 Å². The maximum Gasteiger partial charge on any atom is 0.165 e. The molecule has 11 aromatic rings. The first-order valence-electron chi connectivity index (χ1n) is 21.3. The molecule has 0 saturated carbocycles. The third kappa shape index (κ3) is 5.57. The first-order chi connectivity index (χ1) is 31.2. The van der Waals surface area contributed by atoms with Crippen LogP contribution >= 0.6 is 23.1 Å². The quantitative estimate of drug-likeness (QED) is 0.173. The largest absolute Gasteiger partial charge is 0.208 e. The van der Waals surface area contributed by atoms with Gasteiger partial charge < -0.3 is 0 Å². The second-order valence-corrected chi connectivity index (χ2v) is 18.4. The van der Waals surface area contributed by atoms with Crippen molar-refractivity contribution in [2.45, 2.75) is 15.2 Å². The van der Waals surface area contributed by atoms with E-state index in [0.29, 0.717) is 17.5 Å². The SMILES string of the molecule is c1ccc(-c2ccc(-c3ccccc3-c3nc(-c4ccc5c(c4)-c4ccccc4C54c5ccccc5Sc5ccccc54)nc(-c4cccc5c4sc4ccccc45)n3)cc2)cc1. The minimum atomic E-state index is -0.454. The Morgan fingerprint density at radius 1 is 0.317 bits per heavy atom. The van der Waals surface area contributed by atoms with Crippen molar-refractivity contribution in [3.63, 3.8) is 0 Å². The number of fused-ring (bicyclic) bond motifs is 12. The number of hydrogen-bond acceptors (Lipinski definition) is 5. The van der Waals surface area contributed by atoms with Crippen LogP contribution in [0.1, 0.15) is 22.3 Å². The first-order valence-corrected chi connectivity index (χ1v) is 22.9. The molecule has 0 amide bonds. The number of thiophene rings is 1. The van der Waals surface area contributed by atoms with Crippen LogP contribution < -0.4 is 0 Å². The molecule has 63 heavy (non-hydrogen) atoms. The Hall–Kier alpha value is -7.44. The third-order valence-electron chi connectivity index (χ3n) is 12.9. The predicted octanol–water partition coefficient (Wildman–Crippen LogP) is 15.4. The highest BCUT2D eigenvalue weighted by Gasteiger charge is 2.50. The minimum Gasteiger partial charge on any atom is -0.208 e. The average molecular weight is 838 g/mol. The number of hydrogen-bond donors (Lipinski definition) is 0. The summed E-state index contributed by atoms with van der Waals surface area (Å²) < 4.78 is 2.41. The zero-order valence-corrected chi connectivity index (χ0v) is 35.5. The monoisotopic (exact) mass is 837 g/mol. The summed E-state index contributed by atoms with van der Waals surface area (Å²) in [5, 5.41) is 2.45. The number of aromatic nitrogens is 3. The summed E-state index contributed by atoms with van der Waals surface area (Å²) in [6.45, 7) is 0. The van der Waals surface area contributed by atoms with Gasteiger partial charge >= 0.3 is 0 Å². The number of benzene rings is 9. The van der Waals surface area contributed by atoms with Gasteiger partial charge in [0.05, 0.1) is 5.41 Å². The second kappa shape index (κ2) is 14.3. The molecule has 294 valence electrons. The molecule has 0 saturated heterocycles. The molecule has 1 aliphatic heterocycles. The summed E-state index contributed by atoms with van der Waals surface area (Å²) in [7, 11) is 0. The maximum absolute atomic E-state index is 5.41. The van der Waals surface area contributed by atoms with E-state index < -0.39 is 5.41 Å². The van der Waals surface area contributed by atoms with Crippen LogP contribution in [0.15, 0.2) is 222 Å². The molecule has 0 unspecified atom stereocenters. The maximum atomic E-state index is 5.41. The number of rotatable bonds is 5. The molecule has 3 nitrogen and oxygen atoms in total. The van der Waals surface area contributed by atoms with E-state index in [0.717, 1.165) is 27.8 Å². The third-order valence-corrected chi connectivity index (χ3v) is 15.2. The van der Waals surface area contributed by atoms with Crippen molar-refractivity contribution in [2.24, 2.45) is 0 Å². The molecule has 5 heteroatoms. The first kappa shape index (κ1) is 36.2. The van der Waals surface area contributed by atoms with E-state index in [1.54, 1.807) is 11.3 Å². The summed E-state index contributed by atoms with van der Waals surface area (Å²) in [4.78, 5) is 18.8. The molecular formula is C58H35N3S2. The van der Waals surface area contributed by atoms with Crippen LogP contribution in [0.3, 0.4) is 0 Å². The molecule has 0 bridgehead atoms. The van der Waals surface area contributed by atoms with Crippen LogP contribution in [-0.4, -0.2) is 15.0 Å². The van der Waals surface area contributed by atoms with Crippen LogP contribution in [0.2, 0.25) is 0 Å². The normalized spacial score (nSPS) is 13.1. The van der Waals surface area contributed by atoms with Crippen molar-refractivity contribution in [2.75, 3.05) is 0 Å². The lowest BCUT2D eigenvalue weighted by atomic mass is 9.67. The van der Waals surface area contributed by atoms with Gasteiger partial charge in [0.2, 0.25) is 0 Å². The van der Waals surface area contributed by atoms with E-state index >= 15 is 0 Å². The lowest BCUT2D eigenvalue weighted by Gasteiger charge is -2.39. The van der Waals surface area contributed by atoms with E-state index in [1.807, 2.05) is 11.8 Å². The zero-order valence-electron chi connectivity index (χ0n) is 33.9. The summed E-state index contributed by atoms with van der Waals surface area (Å²) in [6.07, 6.45) is 0. The van der Waals surface area contributed by atoms with Gasteiger partial charge in [-0.1, -0.05) is 194 Å². The molecule has 2 aliphatic rings. The highest BCUT2D eigenvalue weighted by Crippen LogP contribution is 2.62. The summed E-state index contributed by atoms with van der Waals surface area (Å²) >= 11 is 3.66. The van der Waals surface area contributed by atoms with Crippen LogP contribution in [0.5, 0.6) is 0 Å². The molecule has 0 fully saturated rings. The highest BCUT2D eigenvalue weighted by atomic mass is 32.2. The molecule has 0 atom stereocenters. The van der Waals surface area contributed by atoms with Gasteiger partial charge in [-0.25, -0.2) is 15.0 Å². The van der Waals surface area contributed by atoms with Crippen molar-refractivity contribution in [1.82, 2.24) is 15.0 Å². The molecular weight excluding hydrogens is 803 g/mol. The Balaban J connectivity index is 1.03. The van der Waals surface area contributed by atoms with Gasteiger partial charge in [0.15, 0.2) is 17.5 Å². The van der Waals surface area contributed by atoms with Crippen LogP contribution in [0.4, 0.5) is 0 Å². The van der Waals surface area contributed by atoms with Gasteiger partial charge in [0.25, 0.3) is 0 Å². The predicted molar refractivity (Wildman–Crippen MR) is 261 cm³/mol. The van der Waals surface area contributed by atoms with E-state index in [9.17, 15) is 0 Å². The van der Waals surface area contributed by atoms with E-state index in [4.69, 9.17) is 15.0 Å². The van der Waals surface area contributed by atoms with Crippen molar-refractivity contribution >= 4 is 43.3 Å². The standard InChI is InChI=1S/C58H35N3S2/c1-2-15-36(16-3-1)37-29-31-38(32-30-37)40-17-4-5-20-44(40)56-59-55(60-57(61-56)45-22-14-21-43-42-19-7-11-26-51(42)63-54(43)45)39-33-34-48-46(35-39)41-18-6-8-23-47(41)58(48)49-24-9-12-27-52(49)62-53-28-13-10-25-50(53)58/h1-35H. The molecule has 1 spiro atoms. The molecule has 1 aliphatic carbocycles. The Bertz CT molecular complexity index is 3560. The topological polar surface area (TPSA) is 38.7 Å². The van der Waals surface area contributed by atoms with Crippen LogP contribution in [0, 0.1) is 0 Å². The summed E-state index contributed by atoms with van der Waals surface area (Å²) in [6, 6.07) is 76.7. The van der Waals surface area contributed by atoms with Crippen molar-refractivity contribution in [3.05, 3.63) is 235 Å². The second-order valence-electron chi connectivity index (χ2n) is 16.2. The molecule has 0 radical (unpaired) electrons.